The second-order valence-corrected chi connectivity index (χ2v) is 7.05. The minimum atomic E-state index is -0.174. The average Bonchev–Trinajstić information content (AvgIpc) is 3.26. The molecule has 1 saturated heterocycles. The fourth-order valence-corrected chi connectivity index (χ4v) is 3.61. The van der Waals surface area contributed by atoms with Crippen LogP contribution in [0.5, 0.6) is 0 Å². The summed E-state index contributed by atoms with van der Waals surface area (Å²) >= 11 is 0. The summed E-state index contributed by atoms with van der Waals surface area (Å²) in [6.07, 6.45) is 1.71. The highest BCUT2D eigenvalue weighted by Crippen LogP contribution is 2.20. The summed E-state index contributed by atoms with van der Waals surface area (Å²) in [6.45, 7) is 6.27. The molecule has 0 spiro atoms. The Morgan fingerprint density at radius 2 is 1.74 bits per heavy atom. The van der Waals surface area contributed by atoms with Crippen molar-refractivity contribution in [1.29, 1.82) is 0 Å². The second-order valence-electron chi connectivity index (χ2n) is 7.05. The molecule has 1 N–H and O–H groups in total. The minimum absolute atomic E-state index is 0. The molecule has 4 rings (SSSR count). The Labute approximate surface area is 199 Å². The van der Waals surface area contributed by atoms with Gasteiger partial charge in [0.2, 0.25) is 0 Å². The molecule has 164 valence electrons. The summed E-state index contributed by atoms with van der Waals surface area (Å²) in [5, 5.41) is 11.7. The van der Waals surface area contributed by atoms with E-state index >= 15 is 0 Å². The van der Waals surface area contributed by atoms with Crippen molar-refractivity contribution in [2.24, 2.45) is 4.99 Å². The molecular formula is C22H27FIN7. The largest absolute Gasteiger partial charge is 0.366 e. The van der Waals surface area contributed by atoms with Crippen molar-refractivity contribution >= 4 is 35.6 Å². The third kappa shape index (κ3) is 5.52. The van der Waals surface area contributed by atoms with Crippen LogP contribution in [0.1, 0.15) is 12.7 Å². The molecule has 1 fully saturated rings. The Morgan fingerprint density at radius 3 is 2.45 bits per heavy atom. The summed E-state index contributed by atoms with van der Waals surface area (Å²) in [5.41, 5.74) is 1.67. The summed E-state index contributed by atoms with van der Waals surface area (Å²) < 4.78 is 16.0. The molecule has 0 atom stereocenters. The summed E-state index contributed by atoms with van der Waals surface area (Å²) in [6, 6.07) is 16.9. The first kappa shape index (κ1) is 23.0. The van der Waals surface area contributed by atoms with E-state index < -0.39 is 0 Å². The third-order valence-corrected chi connectivity index (χ3v) is 5.13. The fourth-order valence-electron chi connectivity index (χ4n) is 3.61. The number of aliphatic imine (C=N–C) groups is 1. The quantitative estimate of drug-likeness (QED) is 0.309. The van der Waals surface area contributed by atoms with Crippen LogP contribution in [-0.2, 0) is 6.54 Å². The predicted molar refractivity (Wildman–Crippen MR) is 132 cm³/mol. The van der Waals surface area contributed by atoms with Crippen molar-refractivity contribution in [3.63, 3.8) is 0 Å². The van der Waals surface area contributed by atoms with Gasteiger partial charge in [0, 0.05) is 38.4 Å². The first-order valence-corrected chi connectivity index (χ1v) is 10.2. The summed E-state index contributed by atoms with van der Waals surface area (Å²) in [7, 11) is 0. The summed E-state index contributed by atoms with van der Waals surface area (Å²) in [4.78, 5) is 9.09. The van der Waals surface area contributed by atoms with Gasteiger partial charge in [-0.25, -0.2) is 9.38 Å². The Bertz CT molecular complexity index is 984. The Hall–Kier alpha value is -2.69. The molecule has 0 aliphatic carbocycles. The van der Waals surface area contributed by atoms with Crippen LogP contribution in [0.3, 0.4) is 0 Å². The van der Waals surface area contributed by atoms with Gasteiger partial charge < -0.3 is 15.1 Å². The van der Waals surface area contributed by atoms with Crippen LogP contribution in [0.2, 0.25) is 0 Å². The fraction of sp³-hybridized carbons (Fsp3) is 0.318. The monoisotopic (exact) mass is 535 g/mol. The van der Waals surface area contributed by atoms with Crippen molar-refractivity contribution in [3.05, 3.63) is 72.6 Å². The van der Waals surface area contributed by atoms with Crippen LogP contribution in [0, 0.1) is 5.82 Å². The van der Waals surface area contributed by atoms with E-state index in [1.807, 2.05) is 47.0 Å². The van der Waals surface area contributed by atoms with E-state index in [-0.39, 0.29) is 29.8 Å². The van der Waals surface area contributed by atoms with Gasteiger partial charge in [-0.05, 0) is 31.2 Å². The highest BCUT2D eigenvalue weighted by atomic mass is 127. The zero-order chi connectivity index (χ0) is 20.8. The first-order chi connectivity index (χ1) is 14.8. The lowest BCUT2D eigenvalue weighted by molar-refractivity contribution is 0.370. The van der Waals surface area contributed by atoms with Gasteiger partial charge in [0.15, 0.2) is 11.8 Å². The van der Waals surface area contributed by atoms with Gasteiger partial charge in [0.25, 0.3) is 0 Å². The van der Waals surface area contributed by atoms with Gasteiger partial charge in [-0.3, -0.25) is 4.57 Å². The predicted octanol–water partition coefficient (Wildman–Crippen LogP) is 3.31. The topological polar surface area (TPSA) is 61.6 Å². The molecular weight excluding hydrogens is 508 g/mol. The van der Waals surface area contributed by atoms with Gasteiger partial charge in [-0.1, -0.05) is 30.3 Å². The number of aromatic nitrogens is 3. The van der Waals surface area contributed by atoms with Crippen LogP contribution in [0.4, 0.5) is 10.1 Å². The van der Waals surface area contributed by atoms with E-state index in [1.165, 1.54) is 6.07 Å². The summed E-state index contributed by atoms with van der Waals surface area (Å²) in [5.74, 6) is 1.45. The lowest BCUT2D eigenvalue weighted by atomic mass is 10.2. The molecule has 0 bridgehead atoms. The molecule has 3 aromatic rings. The maximum atomic E-state index is 14.1. The second kappa shape index (κ2) is 11.1. The highest BCUT2D eigenvalue weighted by molar-refractivity contribution is 14.0. The smallest absolute Gasteiger partial charge is 0.194 e. The normalized spacial score (nSPS) is 14.3. The van der Waals surface area contributed by atoms with Crippen molar-refractivity contribution in [3.8, 4) is 5.69 Å². The Morgan fingerprint density at radius 1 is 1.03 bits per heavy atom. The number of hydrogen-bond acceptors (Lipinski definition) is 4. The van der Waals surface area contributed by atoms with Crippen LogP contribution >= 0.6 is 24.0 Å². The van der Waals surface area contributed by atoms with Crippen LogP contribution in [0.15, 0.2) is 65.9 Å². The average molecular weight is 535 g/mol. The van der Waals surface area contributed by atoms with E-state index in [1.54, 1.807) is 12.4 Å². The molecule has 0 radical (unpaired) electrons. The van der Waals surface area contributed by atoms with Crippen molar-refractivity contribution < 1.29 is 4.39 Å². The molecule has 0 unspecified atom stereocenters. The number of rotatable bonds is 5. The van der Waals surface area contributed by atoms with Gasteiger partial charge in [-0.15, -0.1) is 34.2 Å². The molecule has 1 aliphatic rings. The number of guanidine groups is 1. The molecule has 2 aromatic carbocycles. The van der Waals surface area contributed by atoms with E-state index in [9.17, 15) is 4.39 Å². The molecule has 7 nitrogen and oxygen atoms in total. The number of nitrogens with one attached hydrogen (secondary N) is 1. The standard InChI is InChI=1S/C22H26FN7.HI/c1-2-24-22(25-16-21-27-26-17-30(21)18-8-4-3-5-9-18)29-14-12-28(13-15-29)20-11-7-6-10-19(20)23;/h3-11,17H,2,12-16H2,1H3,(H,24,25);1H. The maximum Gasteiger partial charge on any atom is 0.194 e. The molecule has 1 aromatic heterocycles. The minimum Gasteiger partial charge on any atom is -0.366 e. The van der Waals surface area contributed by atoms with Crippen molar-refractivity contribution in [1.82, 2.24) is 25.0 Å². The van der Waals surface area contributed by atoms with Gasteiger partial charge in [0.1, 0.15) is 18.7 Å². The SMILES string of the molecule is CCNC(=NCc1nncn1-c1ccccc1)N1CCN(c2ccccc2F)CC1.I. The first-order valence-electron chi connectivity index (χ1n) is 10.2. The number of piperazine rings is 1. The zero-order valence-electron chi connectivity index (χ0n) is 17.5. The van der Waals surface area contributed by atoms with Gasteiger partial charge >= 0.3 is 0 Å². The number of anilines is 1. The number of nitrogens with zero attached hydrogens (tertiary/aromatic N) is 6. The number of hydrogen-bond donors (Lipinski definition) is 1. The van der Waals surface area contributed by atoms with E-state index in [2.05, 4.69) is 32.2 Å². The van der Waals surface area contributed by atoms with Crippen molar-refractivity contribution in [2.75, 3.05) is 37.6 Å². The van der Waals surface area contributed by atoms with E-state index in [0.29, 0.717) is 12.2 Å². The lowest BCUT2D eigenvalue weighted by Crippen LogP contribution is -2.52. The molecule has 2 heterocycles. The number of halogens is 2. The van der Waals surface area contributed by atoms with Crippen LogP contribution in [-0.4, -0.2) is 58.3 Å². The zero-order valence-corrected chi connectivity index (χ0v) is 19.8. The Balaban J connectivity index is 0.00000272. The van der Waals surface area contributed by atoms with E-state index in [0.717, 1.165) is 50.2 Å². The molecule has 31 heavy (non-hydrogen) atoms. The Kier molecular flexibility index (Phi) is 8.21. The highest BCUT2D eigenvalue weighted by Gasteiger charge is 2.21. The van der Waals surface area contributed by atoms with Crippen molar-refractivity contribution in [2.45, 2.75) is 13.5 Å². The third-order valence-electron chi connectivity index (χ3n) is 5.13. The van der Waals surface area contributed by atoms with E-state index in [4.69, 9.17) is 4.99 Å². The van der Waals surface area contributed by atoms with Gasteiger partial charge in [-0.2, -0.15) is 0 Å². The molecule has 0 amide bonds. The van der Waals surface area contributed by atoms with Crippen LogP contribution in [0.25, 0.3) is 5.69 Å². The van der Waals surface area contributed by atoms with Crippen LogP contribution < -0.4 is 10.2 Å². The maximum absolute atomic E-state index is 14.1. The molecule has 1 aliphatic heterocycles. The number of benzene rings is 2. The molecule has 9 heteroatoms. The lowest BCUT2D eigenvalue weighted by Gasteiger charge is -2.37. The number of para-hydroxylation sites is 2. The molecule has 0 saturated carbocycles. The van der Waals surface area contributed by atoms with Gasteiger partial charge in [0.05, 0.1) is 5.69 Å².